The summed E-state index contributed by atoms with van der Waals surface area (Å²) in [5.74, 6) is 1.93. The largest absolute Gasteiger partial charge is 0.309 e. The van der Waals surface area contributed by atoms with Gasteiger partial charge < -0.3 is 4.57 Å². The summed E-state index contributed by atoms with van der Waals surface area (Å²) < 4.78 is 2.33. The fourth-order valence-electron chi connectivity index (χ4n) is 8.26. The highest BCUT2D eigenvalue weighted by atomic mass is 15.0. The van der Waals surface area contributed by atoms with Gasteiger partial charge in [0.25, 0.3) is 0 Å². The van der Waals surface area contributed by atoms with Gasteiger partial charge in [0, 0.05) is 33.2 Å². The summed E-state index contributed by atoms with van der Waals surface area (Å²) >= 11 is 0. The van der Waals surface area contributed by atoms with Gasteiger partial charge in [0.15, 0.2) is 17.5 Å². The van der Waals surface area contributed by atoms with Crippen molar-refractivity contribution in [2.24, 2.45) is 0 Å². The molecule has 0 aliphatic carbocycles. The van der Waals surface area contributed by atoms with E-state index in [9.17, 15) is 0 Å². The predicted molar refractivity (Wildman–Crippen MR) is 220 cm³/mol. The summed E-state index contributed by atoms with van der Waals surface area (Å²) in [5.41, 5.74) is 6.30. The Morgan fingerprint density at radius 1 is 0.302 bits per heavy atom. The molecule has 246 valence electrons. The number of fused-ring (bicyclic) bond motifs is 11. The van der Waals surface area contributed by atoms with Crippen LogP contribution in [0.15, 0.2) is 182 Å². The molecular formula is C49H30N4. The lowest BCUT2D eigenvalue weighted by Crippen LogP contribution is -2.01. The van der Waals surface area contributed by atoms with Crippen molar-refractivity contribution in [2.75, 3.05) is 0 Å². The minimum Gasteiger partial charge on any atom is -0.309 e. The molecule has 0 bridgehead atoms. The van der Waals surface area contributed by atoms with Crippen molar-refractivity contribution in [1.82, 2.24) is 19.5 Å². The standard InChI is InChI=1S/C49H30N4/c1-3-15-31(16-4-1)47-50-48(32-27-28-45-41(29-32)38-23-13-14-26-44(38)53(45)33-17-5-2-6-18-33)52-49(51-47)43-30-42-36-21-8-7-19-34(36)35-20-9-11-24-39(35)46(42)40-25-12-10-22-37(40)43/h1-30H. The average molecular weight is 675 g/mol. The lowest BCUT2D eigenvalue weighted by molar-refractivity contribution is 1.08. The Kier molecular flexibility index (Phi) is 6.52. The van der Waals surface area contributed by atoms with Crippen molar-refractivity contribution in [3.63, 3.8) is 0 Å². The Bertz CT molecular complexity index is 3220. The van der Waals surface area contributed by atoms with Crippen molar-refractivity contribution in [3.8, 4) is 39.9 Å². The van der Waals surface area contributed by atoms with Crippen molar-refractivity contribution >= 4 is 64.9 Å². The van der Waals surface area contributed by atoms with Crippen molar-refractivity contribution < 1.29 is 0 Å². The van der Waals surface area contributed by atoms with Gasteiger partial charge in [-0.05, 0) is 85.6 Å². The molecule has 4 nitrogen and oxygen atoms in total. The van der Waals surface area contributed by atoms with Crippen LogP contribution in [0.3, 0.4) is 0 Å². The third kappa shape index (κ3) is 4.59. The van der Waals surface area contributed by atoms with Crippen LogP contribution in [0.2, 0.25) is 0 Å². The molecule has 4 heteroatoms. The topological polar surface area (TPSA) is 43.6 Å². The van der Waals surface area contributed by atoms with Gasteiger partial charge in [-0.3, -0.25) is 0 Å². The van der Waals surface area contributed by atoms with Gasteiger partial charge in [-0.25, -0.2) is 15.0 Å². The first kappa shape index (κ1) is 29.5. The smallest absolute Gasteiger partial charge is 0.164 e. The van der Waals surface area contributed by atoms with Crippen LogP contribution < -0.4 is 0 Å². The maximum Gasteiger partial charge on any atom is 0.164 e. The third-order valence-corrected chi connectivity index (χ3v) is 10.6. The van der Waals surface area contributed by atoms with Crippen LogP contribution in [0.25, 0.3) is 105 Å². The second-order valence-electron chi connectivity index (χ2n) is 13.6. The average Bonchev–Trinajstić information content (AvgIpc) is 3.57. The predicted octanol–water partition coefficient (Wildman–Crippen LogP) is 12.6. The zero-order valence-electron chi connectivity index (χ0n) is 28.6. The monoisotopic (exact) mass is 674 g/mol. The van der Waals surface area contributed by atoms with Gasteiger partial charge in [-0.15, -0.1) is 0 Å². The summed E-state index contributed by atoms with van der Waals surface area (Å²) in [7, 11) is 0. The molecule has 11 rings (SSSR count). The molecule has 0 saturated heterocycles. The van der Waals surface area contributed by atoms with E-state index in [1.165, 1.54) is 43.1 Å². The van der Waals surface area contributed by atoms with Crippen LogP contribution in [0.5, 0.6) is 0 Å². The number of hydrogen-bond acceptors (Lipinski definition) is 3. The molecule has 0 unspecified atom stereocenters. The number of aromatic nitrogens is 4. The van der Waals surface area contributed by atoms with E-state index < -0.39 is 0 Å². The maximum absolute atomic E-state index is 5.32. The summed E-state index contributed by atoms with van der Waals surface area (Å²) in [6.07, 6.45) is 0. The van der Waals surface area contributed by atoms with Gasteiger partial charge in [-0.2, -0.15) is 0 Å². The van der Waals surface area contributed by atoms with Crippen LogP contribution in [0.4, 0.5) is 0 Å². The summed E-state index contributed by atoms with van der Waals surface area (Å²) in [5, 5.41) is 12.0. The van der Waals surface area contributed by atoms with E-state index in [1.807, 2.05) is 18.2 Å². The van der Waals surface area contributed by atoms with Crippen molar-refractivity contribution in [2.45, 2.75) is 0 Å². The van der Waals surface area contributed by atoms with E-state index in [0.29, 0.717) is 17.5 Å². The Labute approximate surface area is 305 Å². The van der Waals surface area contributed by atoms with Crippen molar-refractivity contribution in [1.29, 1.82) is 0 Å². The second-order valence-corrected chi connectivity index (χ2v) is 13.6. The number of benzene rings is 9. The van der Waals surface area contributed by atoms with E-state index in [0.717, 1.165) is 44.2 Å². The molecule has 0 fully saturated rings. The number of para-hydroxylation sites is 2. The van der Waals surface area contributed by atoms with Crippen LogP contribution in [-0.2, 0) is 0 Å². The normalized spacial score (nSPS) is 11.8. The van der Waals surface area contributed by atoms with Gasteiger partial charge in [0.05, 0.1) is 11.0 Å². The Morgan fingerprint density at radius 3 is 1.51 bits per heavy atom. The van der Waals surface area contributed by atoms with Gasteiger partial charge in [0.1, 0.15) is 0 Å². The fraction of sp³-hybridized carbons (Fsp3) is 0. The highest BCUT2D eigenvalue weighted by molar-refractivity contribution is 6.32. The highest BCUT2D eigenvalue weighted by Crippen LogP contribution is 2.43. The zero-order chi connectivity index (χ0) is 34.9. The molecule has 0 radical (unpaired) electrons. The molecule has 9 aromatic carbocycles. The van der Waals surface area contributed by atoms with E-state index in [4.69, 9.17) is 15.0 Å². The molecule has 11 aromatic rings. The van der Waals surface area contributed by atoms with E-state index in [2.05, 4.69) is 168 Å². The Morgan fingerprint density at radius 2 is 0.792 bits per heavy atom. The quantitative estimate of drug-likeness (QED) is 0.175. The summed E-state index contributed by atoms with van der Waals surface area (Å²) in [6, 6.07) is 64.4. The third-order valence-electron chi connectivity index (χ3n) is 10.6. The first-order chi connectivity index (χ1) is 26.3. The minimum atomic E-state index is 0.639. The molecule has 53 heavy (non-hydrogen) atoms. The molecule has 0 saturated carbocycles. The molecule has 0 amide bonds. The first-order valence-corrected chi connectivity index (χ1v) is 18.0. The van der Waals surface area contributed by atoms with Crippen LogP contribution in [-0.4, -0.2) is 19.5 Å². The second kappa shape index (κ2) is 11.7. The molecule has 0 aliphatic heterocycles. The molecule has 0 N–H and O–H groups in total. The highest BCUT2D eigenvalue weighted by Gasteiger charge is 2.20. The number of hydrogen-bond donors (Lipinski definition) is 0. The van der Waals surface area contributed by atoms with Gasteiger partial charge in [0.2, 0.25) is 0 Å². The molecule has 0 atom stereocenters. The van der Waals surface area contributed by atoms with Crippen LogP contribution in [0.1, 0.15) is 0 Å². The minimum absolute atomic E-state index is 0.639. The zero-order valence-corrected chi connectivity index (χ0v) is 28.6. The SMILES string of the molecule is c1ccc(-c2nc(-c3ccc4c(c3)c3ccccc3n4-c3ccccc3)nc(-c3cc4c5ccccc5c5ccccc5c4c4ccccc34)n2)cc1. The lowest BCUT2D eigenvalue weighted by atomic mass is 9.89. The molecule has 2 heterocycles. The lowest BCUT2D eigenvalue weighted by Gasteiger charge is -2.16. The summed E-state index contributed by atoms with van der Waals surface area (Å²) in [6.45, 7) is 0. The fourth-order valence-corrected chi connectivity index (χ4v) is 8.26. The van der Waals surface area contributed by atoms with Gasteiger partial charge >= 0.3 is 0 Å². The summed E-state index contributed by atoms with van der Waals surface area (Å²) in [4.78, 5) is 15.7. The first-order valence-electron chi connectivity index (χ1n) is 18.0. The van der Waals surface area contributed by atoms with Crippen LogP contribution in [0, 0.1) is 0 Å². The number of rotatable bonds is 4. The molecular weight excluding hydrogens is 645 g/mol. The van der Waals surface area contributed by atoms with E-state index in [1.54, 1.807) is 0 Å². The number of nitrogens with zero attached hydrogens (tertiary/aromatic N) is 4. The van der Waals surface area contributed by atoms with Crippen molar-refractivity contribution in [3.05, 3.63) is 182 Å². The maximum atomic E-state index is 5.32. The van der Waals surface area contributed by atoms with Crippen LogP contribution >= 0.6 is 0 Å². The van der Waals surface area contributed by atoms with E-state index >= 15 is 0 Å². The Balaban J connectivity index is 1.21. The Hall–Kier alpha value is -7.17. The van der Waals surface area contributed by atoms with Gasteiger partial charge in [-0.1, -0.05) is 140 Å². The molecule has 0 spiro atoms. The molecule has 0 aliphatic rings. The molecule has 2 aromatic heterocycles. The van der Waals surface area contributed by atoms with E-state index in [-0.39, 0.29) is 0 Å².